The zero-order valence-corrected chi connectivity index (χ0v) is 9.65. The summed E-state index contributed by atoms with van der Waals surface area (Å²) in [6, 6.07) is 5.66. The van der Waals surface area contributed by atoms with Crippen LogP contribution in [-0.2, 0) is 4.79 Å². The highest BCUT2D eigenvalue weighted by molar-refractivity contribution is 8.13. The molecule has 0 spiro atoms. The molecule has 0 amide bonds. The largest absolute Gasteiger partial charge is 0.398 e. The van der Waals surface area contributed by atoms with Gasteiger partial charge in [0.15, 0.2) is 5.12 Å². The third-order valence-corrected chi connectivity index (χ3v) is 2.64. The van der Waals surface area contributed by atoms with Gasteiger partial charge in [-0.05, 0) is 24.6 Å². The van der Waals surface area contributed by atoms with Crippen LogP contribution < -0.4 is 5.73 Å². The van der Waals surface area contributed by atoms with Crippen molar-refractivity contribution >= 4 is 22.6 Å². The van der Waals surface area contributed by atoms with E-state index in [1.54, 1.807) is 0 Å². The summed E-state index contributed by atoms with van der Waals surface area (Å²) >= 11 is 1.22. The van der Waals surface area contributed by atoms with E-state index in [4.69, 9.17) is 5.73 Å². The van der Waals surface area contributed by atoms with Gasteiger partial charge in [-0.2, -0.15) is 0 Å². The van der Waals surface area contributed by atoms with Crippen LogP contribution in [0.4, 0.5) is 5.69 Å². The molecule has 0 unspecified atom stereocenters. The number of carbonyl (C=O) groups excluding carboxylic acids is 1. The zero-order chi connectivity index (χ0) is 11.3. The summed E-state index contributed by atoms with van der Waals surface area (Å²) in [6.45, 7) is 3.48. The first-order chi connectivity index (χ1) is 7.11. The number of rotatable bonds is 1. The maximum absolute atomic E-state index is 10.7. The molecule has 0 bridgehead atoms. The van der Waals surface area contributed by atoms with Crippen LogP contribution in [0, 0.1) is 18.8 Å². The van der Waals surface area contributed by atoms with Crippen molar-refractivity contribution in [1.29, 1.82) is 0 Å². The van der Waals surface area contributed by atoms with Gasteiger partial charge in [0.2, 0.25) is 0 Å². The minimum Gasteiger partial charge on any atom is -0.398 e. The van der Waals surface area contributed by atoms with Crippen molar-refractivity contribution in [2.24, 2.45) is 0 Å². The van der Waals surface area contributed by atoms with Gasteiger partial charge < -0.3 is 5.73 Å². The Bertz CT molecular complexity index is 429. The predicted octanol–water partition coefficient (Wildman–Crippen LogP) is 2.21. The summed E-state index contributed by atoms with van der Waals surface area (Å²) in [4.78, 5) is 10.7. The minimum atomic E-state index is 0.0913. The summed E-state index contributed by atoms with van der Waals surface area (Å²) in [7, 11) is 0. The van der Waals surface area contributed by atoms with Gasteiger partial charge in [-0.1, -0.05) is 29.7 Å². The van der Waals surface area contributed by atoms with Crippen LogP contribution in [0.1, 0.15) is 18.1 Å². The van der Waals surface area contributed by atoms with Crippen molar-refractivity contribution in [3.05, 3.63) is 29.3 Å². The first-order valence-electron chi connectivity index (χ1n) is 4.58. The Kier molecular flexibility index (Phi) is 4.26. The molecule has 0 heterocycles. The van der Waals surface area contributed by atoms with Crippen LogP contribution in [0.5, 0.6) is 0 Å². The summed E-state index contributed by atoms with van der Waals surface area (Å²) in [5.74, 6) is 6.48. The summed E-state index contributed by atoms with van der Waals surface area (Å²) in [6.07, 6.45) is 0. The molecule has 2 N–H and O–H groups in total. The van der Waals surface area contributed by atoms with Crippen LogP contribution in [-0.4, -0.2) is 10.9 Å². The lowest BCUT2D eigenvalue weighted by Gasteiger charge is -2.00. The van der Waals surface area contributed by atoms with E-state index in [1.165, 1.54) is 18.7 Å². The highest BCUT2D eigenvalue weighted by Gasteiger charge is 1.96. The Morgan fingerprint density at radius 2 is 2.27 bits per heavy atom. The van der Waals surface area contributed by atoms with Gasteiger partial charge in [0.05, 0.1) is 5.75 Å². The topological polar surface area (TPSA) is 43.1 Å². The van der Waals surface area contributed by atoms with E-state index in [-0.39, 0.29) is 5.12 Å². The summed E-state index contributed by atoms with van der Waals surface area (Å²) < 4.78 is 0. The van der Waals surface area contributed by atoms with Crippen molar-refractivity contribution in [1.82, 2.24) is 0 Å². The normalized spacial score (nSPS) is 9.20. The monoisotopic (exact) mass is 219 g/mol. The number of carbonyl (C=O) groups is 1. The molecule has 0 fully saturated rings. The second-order valence-corrected chi connectivity index (χ2v) is 4.25. The van der Waals surface area contributed by atoms with E-state index in [2.05, 4.69) is 11.8 Å². The fraction of sp³-hybridized carbons (Fsp3) is 0.250. The Labute approximate surface area is 94.2 Å². The molecule has 0 atom stereocenters. The van der Waals surface area contributed by atoms with Crippen molar-refractivity contribution in [2.75, 3.05) is 11.5 Å². The van der Waals surface area contributed by atoms with Gasteiger partial charge in [0.25, 0.3) is 0 Å². The van der Waals surface area contributed by atoms with E-state index in [9.17, 15) is 4.79 Å². The van der Waals surface area contributed by atoms with Crippen LogP contribution in [0.25, 0.3) is 0 Å². The van der Waals surface area contributed by atoms with Crippen molar-refractivity contribution in [2.45, 2.75) is 13.8 Å². The summed E-state index contributed by atoms with van der Waals surface area (Å²) in [5.41, 5.74) is 8.42. The molecule has 15 heavy (non-hydrogen) atoms. The molecule has 0 saturated carbocycles. The number of thioether (sulfide) groups is 1. The molecular weight excluding hydrogens is 206 g/mol. The second kappa shape index (κ2) is 5.47. The Hall–Kier alpha value is -1.40. The smallest absolute Gasteiger partial charge is 0.186 e. The molecule has 2 nitrogen and oxygen atoms in total. The molecule has 0 saturated heterocycles. The van der Waals surface area contributed by atoms with E-state index in [0.29, 0.717) is 5.75 Å². The van der Waals surface area contributed by atoms with E-state index < -0.39 is 0 Å². The molecule has 0 aliphatic heterocycles. The molecule has 1 aromatic rings. The third kappa shape index (κ3) is 3.69. The van der Waals surface area contributed by atoms with Gasteiger partial charge >= 0.3 is 0 Å². The Morgan fingerprint density at radius 3 is 2.93 bits per heavy atom. The number of nitrogen functional groups attached to an aromatic ring is 1. The minimum absolute atomic E-state index is 0.0913. The van der Waals surface area contributed by atoms with E-state index in [0.717, 1.165) is 16.8 Å². The Balaban J connectivity index is 2.72. The fourth-order valence-electron chi connectivity index (χ4n) is 1.06. The first kappa shape index (κ1) is 11.7. The molecule has 78 valence electrons. The molecule has 0 aromatic heterocycles. The molecular formula is C12H13NOS. The standard InChI is InChI=1S/C12H13NOS/c1-9-11(5-3-7-12(9)13)6-4-8-15-10(2)14/h3,5,7H,8,13H2,1-2H3. The molecule has 0 aliphatic rings. The average molecular weight is 219 g/mol. The van der Waals surface area contributed by atoms with Crippen molar-refractivity contribution in [3.8, 4) is 11.8 Å². The number of hydrogen-bond acceptors (Lipinski definition) is 3. The zero-order valence-electron chi connectivity index (χ0n) is 8.83. The van der Waals surface area contributed by atoms with Gasteiger partial charge in [-0.25, -0.2) is 0 Å². The van der Waals surface area contributed by atoms with Crippen LogP contribution in [0.15, 0.2) is 18.2 Å². The van der Waals surface area contributed by atoms with E-state index >= 15 is 0 Å². The maximum atomic E-state index is 10.7. The lowest BCUT2D eigenvalue weighted by atomic mass is 10.1. The maximum Gasteiger partial charge on any atom is 0.186 e. The highest BCUT2D eigenvalue weighted by atomic mass is 32.2. The van der Waals surface area contributed by atoms with Gasteiger partial charge in [-0.3, -0.25) is 4.79 Å². The highest BCUT2D eigenvalue weighted by Crippen LogP contribution is 2.14. The molecule has 1 rings (SSSR count). The molecule has 0 aliphatic carbocycles. The van der Waals surface area contributed by atoms with Crippen molar-refractivity contribution in [3.63, 3.8) is 0 Å². The molecule has 3 heteroatoms. The first-order valence-corrected chi connectivity index (χ1v) is 5.57. The van der Waals surface area contributed by atoms with Crippen LogP contribution >= 0.6 is 11.8 Å². The predicted molar refractivity (Wildman–Crippen MR) is 65.6 cm³/mol. The van der Waals surface area contributed by atoms with Crippen LogP contribution in [0.3, 0.4) is 0 Å². The summed E-state index contributed by atoms with van der Waals surface area (Å²) in [5, 5.41) is 0.0913. The van der Waals surface area contributed by atoms with E-state index in [1.807, 2.05) is 25.1 Å². The lowest BCUT2D eigenvalue weighted by molar-refractivity contribution is -0.109. The third-order valence-electron chi connectivity index (χ3n) is 1.95. The van der Waals surface area contributed by atoms with Crippen molar-refractivity contribution < 1.29 is 4.79 Å². The molecule has 0 radical (unpaired) electrons. The number of benzene rings is 1. The van der Waals surface area contributed by atoms with Crippen LogP contribution in [0.2, 0.25) is 0 Å². The number of nitrogens with two attached hydrogens (primary N) is 1. The quantitative estimate of drug-likeness (QED) is 0.581. The SMILES string of the molecule is CC(=O)SCC#Cc1cccc(N)c1C. The average Bonchev–Trinajstić information content (AvgIpc) is 2.18. The fourth-order valence-corrected chi connectivity index (χ4v) is 1.41. The Morgan fingerprint density at radius 1 is 1.53 bits per heavy atom. The van der Waals surface area contributed by atoms with Gasteiger partial charge in [0, 0.05) is 18.2 Å². The molecule has 1 aromatic carbocycles. The lowest BCUT2D eigenvalue weighted by Crippen LogP contribution is -1.91. The number of anilines is 1. The van der Waals surface area contributed by atoms with Gasteiger partial charge in [-0.15, -0.1) is 0 Å². The second-order valence-electron chi connectivity index (χ2n) is 3.10. The van der Waals surface area contributed by atoms with Gasteiger partial charge in [0.1, 0.15) is 0 Å². The number of hydrogen-bond donors (Lipinski definition) is 1.